The Morgan fingerprint density at radius 3 is 1.77 bits per heavy atom. The topological polar surface area (TPSA) is 103 Å². The molecule has 0 bridgehead atoms. The van der Waals surface area contributed by atoms with Crippen LogP contribution in [0.1, 0.15) is 47.8 Å². The molecule has 8 nitrogen and oxygen atoms in total. The summed E-state index contributed by atoms with van der Waals surface area (Å²) in [6.07, 6.45) is 0. The summed E-state index contributed by atoms with van der Waals surface area (Å²) in [6.45, 7) is 11.9. The van der Waals surface area contributed by atoms with E-state index in [4.69, 9.17) is 14.2 Å². The van der Waals surface area contributed by atoms with Gasteiger partial charge in [0.15, 0.2) is 11.5 Å². The number of hydrazine groups is 1. The van der Waals surface area contributed by atoms with E-state index in [1.807, 2.05) is 27.7 Å². The van der Waals surface area contributed by atoms with Crippen molar-refractivity contribution >= 4 is 15.9 Å². The van der Waals surface area contributed by atoms with Gasteiger partial charge in [-0.1, -0.05) is 17.7 Å². The Bertz CT molecular complexity index is 1000. The molecule has 0 saturated heterocycles. The van der Waals surface area contributed by atoms with Gasteiger partial charge in [-0.2, -0.15) is 0 Å². The molecule has 0 fully saturated rings. The number of carbonyl (C=O) groups is 1. The fraction of sp³-hybridized carbons (Fsp3) is 0.409. The molecule has 0 unspecified atom stereocenters. The second kappa shape index (κ2) is 10.5. The Labute approximate surface area is 183 Å². The maximum absolute atomic E-state index is 12.8. The number of ether oxygens (including phenoxy) is 3. The fourth-order valence-electron chi connectivity index (χ4n) is 3.35. The molecule has 2 aromatic carbocycles. The maximum Gasteiger partial charge on any atom is 0.266 e. The summed E-state index contributed by atoms with van der Waals surface area (Å²) in [4.78, 5) is 15.1. The zero-order chi connectivity index (χ0) is 23.2. The van der Waals surface area contributed by atoms with Crippen LogP contribution >= 0.6 is 0 Å². The summed E-state index contributed by atoms with van der Waals surface area (Å²) >= 11 is 0. The highest BCUT2D eigenvalue weighted by Gasteiger charge is 2.23. The lowest BCUT2D eigenvalue weighted by atomic mass is 10.1. The summed E-state index contributed by atoms with van der Waals surface area (Å²) in [5.74, 6) is 0.423. The Kier molecular flexibility index (Phi) is 8.29. The van der Waals surface area contributed by atoms with Crippen LogP contribution in [0.5, 0.6) is 17.2 Å². The largest absolute Gasteiger partial charge is 0.490 e. The van der Waals surface area contributed by atoms with Gasteiger partial charge in [0.25, 0.3) is 15.9 Å². The van der Waals surface area contributed by atoms with E-state index in [9.17, 15) is 13.2 Å². The van der Waals surface area contributed by atoms with E-state index in [0.29, 0.717) is 48.2 Å². The van der Waals surface area contributed by atoms with Crippen molar-refractivity contribution in [1.82, 2.24) is 10.3 Å². The molecule has 31 heavy (non-hydrogen) atoms. The van der Waals surface area contributed by atoms with E-state index < -0.39 is 15.9 Å². The lowest BCUT2D eigenvalue weighted by Crippen LogP contribution is -2.42. The van der Waals surface area contributed by atoms with E-state index in [0.717, 1.165) is 5.56 Å². The molecule has 2 aromatic rings. The van der Waals surface area contributed by atoms with Crippen molar-refractivity contribution in [2.24, 2.45) is 0 Å². The SMILES string of the molecule is CCOc1cc(C(=O)NNS(=O)(=O)c2c(C)cc(C)cc2C)cc(OCC)c1OCC. The quantitative estimate of drug-likeness (QED) is 0.538. The molecule has 2 N–H and O–H groups in total. The molecule has 0 aliphatic rings. The van der Waals surface area contributed by atoms with Gasteiger partial charge in [0.2, 0.25) is 5.75 Å². The minimum absolute atomic E-state index is 0.134. The Balaban J connectivity index is 2.33. The smallest absolute Gasteiger partial charge is 0.266 e. The highest BCUT2D eigenvalue weighted by molar-refractivity contribution is 7.89. The van der Waals surface area contributed by atoms with E-state index in [2.05, 4.69) is 10.3 Å². The molecular weight excluding hydrogens is 420 g/mol. The number of hydrogen-bond acceptors (Lipinski definition) is 6. The second-order valence-corrected chi connectivity index (χ2v) is 8.51. The van der Waals surface area contributed by atoms with Crippen LogP contribution in [-0.2, 0) is 10.0 Å². The first-order valence-electron chi connectivity index (χ1n) is 10.1. The van der Waals surface area contributed by atoms with Gasteiger partial charge in [-0.15, -0.1) is 4.83 Å². The minimum atomic E-state index is -3.97. The van der Waals surface area contributed by atoms with Crippen molar-refractivity contribution in [2.45, 2.75) is 46.4 Å². The van der Waals surface area contributed by atoms with Crippen LogP contribution < -0.4 is 24.5 Å². The maximum atomic E-state index is 12.8. The monoisotopic (exact) mass is 450 g/mol. The van der Waals surface area contributed by atoms with Gasteiger partial charge < -0.3 is 14.2 Å². The van der Waals surface area contributed by atoms with Crippen molar-refractivity contribution in [3.8, 4) is 17.2 Å². The molecule has 0 aromatic heterocycles. The highest BCUT2D eigenvalue weighted by Crippen LogP contribution is 2.39. The molecular formula is C22H30N2O6S. The van der Waals surface area contributed by atoms with Gasteiger partial charge in [0.1, 0.15) is 0 Å². The van der Waals surface area contributed by atoms with Gasteiger partial charge in [-0.05, 0) is 64.8 Å². The molecule has 0 aliphatic carbocycles. The van der Waals surface area contributed by atoms with Crippen molar-refractivity contribution in [2.75, 3.05) is 19.8 Å². The summed E-state index contributed by atoms with van der Waals surface area (Å²) in [5.41, 5.74) is 4.58. The Hall–Kier alpha value is -2.78. The molecule has 0 radical (unpaired) electrons. The molecule has 0 aliphatic heterocycles. The van der Waals surface area contributed by atoms with Crippen molar-refractivity contribution in [3.63, 3.8) is 0 Å². The number of nitrogens with one attached hydrogen (secondary N) is 2. The normalized spacial score (nSPS) is 11.2. The number of carbonyl (C=O) groups excluding carboxylic acids is 1. The van der Waals surface area contributed by atoms with Crippen LogP contribution in [0.2, 0.25) is 0 Å². The lowest BCUT2D eigenvalue weighted by molar-refractivity contribution is 0.0944. The van der Waals surface area contributed by atoms with Crippen LogP contribution in [0.25, 0.3) is 0 Å². The van der Waals surface area contributed by atoms with Crippen LogP contribution in [0.3, 0.4) is 0 Å². The van der Waals surface area contributed by atoms with Gasteiger partial charge in [-0.3, -0.25) is 10.2 Å². The number of sulfonamides is 1. The van der Waals surface area contributed by atoms with Gasteiger partial charge in [0.05, 0.1) is 24.7 Å². The van der Waals surface area contributed by atoms with Gasteiger partial charge >= 0.3 is 0 Å². The van der Waals surface area contributed by atoms with E-state index >= 15 is 0 Å². The van der Waals surface area contributed by atoms with Gasteiger partial charge in [-0.25, -0.2) is 8.42 Å². The number of benzene rings is 2. The average molecular weight is 451 g/mol. The van der Waals surface area contributed by atoms with Crippen LogP contribution in [0.4, 0.5) is 0 Å². The van der Waals surface area contributed by atoms with Crippen LogP contribution in [0, 0.1) is 20.8 Å². The third-order valence-corrected chi connectivity index (χ3v) is 5.90. The summed E-state index contributed by atoms with van der Waals surface area (Å²) in [6, 6.07) is 6.53. The van der Waals surface area contributed by atoms with Crippen LogP contribution in [0.15, 0.2) is 29.2 Å². The van der Waals surface area contributed by atoms with Crippen molar-refractivity contribution in [1.29, 1.82) is 0 Å². The molecule has 9 heteroatoms. The lowest BCUT2D eigenvalue weighted by Gasteiger charge is -2.17. The molecule has 2 rings (SSSR count). The van der Waals surface area contributed by atoms with Crippen LogP contribution in [-0.4, -0.2) is 34.1 Å². The zero-order valence-electron chi connectivity index (χ0n) is 18.8. The highest BCUT2D eigenvalue weighted by atomic mass is 32.2. The Morgan fingerprint density at radius 1 is 0.839 bits per heavy atom. The number of hydrogen-bond donors (Lipinski definition) is 2. The minimum Gasteiger partial charge on any atom is -0.490 e. The number of rotatable bonds is 10. The first-order chi connectivity index (χ1) is 14.6. The first-order valence-corrected chi connectivity index (χ1v) is 11.6. The summed E-state index contributed by atoms with van der Waals surface area (Å²) in [5, 5.41) is 0. The number of aryl methyl sites for hydroxylation is 3. The predicted molar refractivity (Wildman–Crippen MR) is 118 cm³/mol. The molecule has 0 heterocycles. The fourth-order valence-corrected chi connectivity index (χ4v) is 4.64. The zero-order valence-corrected chi connectivity index (χ0v) is 19.6. The van der Waals surface area contributed by atoms with E-state index in [1.165, 1.54) is 12.1 Å². The standard InChI is InChI=1S/C22H30N2O6S/c1-7-28-18-12-17(13-19(29-8-2)20(18)30-9-3)22(25)23-24-31(26,27)21-15(5)10-14(4)11-16(21)6/h10-13,24H,7-9H2,1-6H3,(H,23,25). The second-order valence-electron chi connectivity index (χ2n) is 6.89. The molecule has 0 spiro atoms. The number of amides is 1. The predicted octanol–water partition coefficient (Wildman–Crippen LogP) is 3.43. The summed E-state index contributed by atoms with van der Waals surface area (Å²) < 4.78 is 42.4. The molecule has 170 valence electrons. The van der Waals surface area contributed by atoms with Gasteiger partial charge in [0, 0.05) is 5.56 Å². The third kappa shape index (κ3) is 5.89. The van der Waals surface area contributed by atoms with E-state index in [1.54, 1.807) is 26.0 Å². The third-order valence-electron chi connectivity index (χ3n) is 4.34. The summed E-state index contributed by atoms with van der Waals surface area (Å²) in [7, 11) is -3.97. The molecule has 0 atom stereocenters. The Morgan fingerprint density at radius 2 is 1.32 bits per heavy atom. The first kappa shape index (κ1) is 24.5. The molecule has 0 saturated carbocycles. The van der Waals surface area contributed by atoms with Crippen molar-refractivity contribution < 1.29 is 27.4 Å². The van der Waals surface area contributed by atoms with Crippen molar-refractivity contribution in [3.05, 3.63) is 46.5 Å². The van der Waals surface area contributed by atoms with E-state index in [-0.39, 0.29) is 10.5 Å². The average Bonchev–Trinajstić information content (AvgIpc) is 2.67. The molecule has 1 amide bonds.